The van der Waals surface area contributed by atoms with Gasteiger partial charge in [0.25, 0.3) is 0 Å². The Hall–Kier alpha value is -2.49. The molecule has 4 nitrogen and oxygen atoms in total. The van der Waals surface area contributed by atoms with Gasteiger partial charge < -0.3 is 21.0 Å². The fourth-order valence-corrected chi connectivity index (χ4v) is 1.64. The van der Waals surface area contributed by atoms with Gasteiger partial charge in [0.05, 0.1) is 17.3 Å². The molecule has 0 aliphatic heterocycles. The Bertz CT molecular complexity index is 553. The Kier molecular flexibility index (Phi) is 3.48. The van der Waals surface area contributed by atoms with Crippen LogP contribution in [0.5, 0.6) is 0 Å². The van der Waals surface area contributed by atoms with E-state index in [1.54, 1.807) is 6.07 Å². The summed E-state index contributed by atoms with van der Waals surface area (Å²) in [6.45, 7) is 0.635. The summed E-state index contributed by atoms with van der Waals surface area (Å²) >= 11 is 0. The summed E-state index contributed by atoms with van der Waals surface area (Å²) in [5.41, 5.74) is 8.08. The molecule has 2 aromatic carbocycles. The quantitative estimate of drug-likeness (QED) is 0.789. The Morgan fingerprint density at radius 2 is 1.89 bits per heavy atom. The molecule has 0 unspecified atom stereocenters. The molecule has 0 bridgehead atoms. The number of carboxylic acids is 1. The van der Waals surface area contributed by atoms with Crippen molar-refractivity contribution >= 4 is 17.3 Å². The number of hydrogen-bond donors (Lipinski definition) is 2. The average Bonchev–Trinajstić information content (AvgIpc) is 2.38. The minimum absolute atomic E-state index is 0.0813. The van der Waals surface area contributed by atoms with Crippen LogP contribution in [0.4, 0.5) is 11.4 Å². The molecule has 2 rings (SSSR count). The number of nitrogens with one attached hydrogen (secondary N) is 1. The molecule has 2 aromatic rings. The summed E-state index contributed by atoms with van der Waals surface area (Å²) in [5.74, 6) is -1.23. The molecule has 0 radical (unpaired) electrons. The topological polar surface area (TPSA) is 78.2 Å². The zero-order chi connectivity index (χ0) is 13.0. The van der Waals surface area contributed by atoms with Crippen LogP contribution in [0.25, 0.3) is 0 Å². The van der Waals surface area contributed by atoms with Crippen molar-refractivity contribution in [2.75, 3.05) is 11.1 Å². The van der Waals surface area contributed by atoms with Crippen LogP contribution in [-0.2, 0) is 6.54 Å². The predicted molar refractivity (Wildman–Crippen MR) is 69.0 cm³/mol. The van der Waals surface area contributed by atoms with E-state index >= 15 is 0 Å². The summed E-state index contributed by atoms with van der Waals surface area (Å²) in [6.07, 6.45) is 0. The monoisotopic (exact) mass is 241 g/mol. The number of rotatable bonds is 4. The Labute approximate surface area is 105 Å². The maximum absolute atomic E-state index is 10.7. The first-order valence-electron chi connectivity index (χ1n) is 5.55. The molecule has 0 fully saturated rings. The van der Waals surface area contributed by atoms with E-state index in [1.807, 2.05) is 30.3 Å². The lowest BCUT2D eigenvalue weighted by Gasteiger charge is -2.11. The summed E-state index contributed by atoms with van der Waals surface area (Å²) < 4.78 is 0. The van der Waals surface area contributed by atoms with Gasteiger partial charge in [0.1, 0.15) is 0 Å². The molecule has 18 heavy (non-hydrogen) atoms. The number of benzene rings is 2. The Morgan fingerprint density at radius 1 is 1.17 bits per heavy atom. The van der Waals surface area contributed by atoms with Crippen molar-refractivity contribution in [2.24, 2.45) is 0 Å². The minimum Gasteiger partial charge on any atom is -0.545 e. The number of nitrogen functional groups attached to an aromatic ring is 1. The first kappa shape index (κ1) is 12.0. The summed E-state index contributed by atoms with van der Waals surface area (Å²) in [7, 11) is 0. The predicted octanol–water partition coefficient (Wildman–Crippen LogP) is 1.24. The van der Waals surface area contributed by atoms with E-state index in [1.165, 1.54) is 12.1 Å². The Balaban J connectivity index is 2.08. The number of carbonyl (C=O) groups is 1. The van der Waals surface area contributed by atoms with Crippen LogP contribution < -0.4 is 16.2 Å². The first-order valence-corrected chi connectivity index (χ1v) is 5.55. The van der Waals surface area contributed by atoms with Crippen LogP contribution in [-0.4, -0.2) is 5.97 Å². The summed E-state index contributed by atoms with van der Waals surface area (Å²) in [5, 5.41) is 13.8. The van der Waals surface area contributed by atoms with Gasteiger partial charge in [0.15, 0.2) is 0 Å². The molecule has 0 spiro atoms. The SMILES string of the molecule is Nc1cc(C(=O)[O-])ccc1NCc1ccccc1. The molecule has 0 aliphatic rings. The summed E-state index contributed by atoms with van der Waals surface area (Å²) in [4.78, 5) is 10.7. The van der Waals surface area contributed by atoms with E-state index in [0.29, 0.717) is 17.9 Å². The number of anilines is 2. The van der Waals surface area contributed by atoms with Crippen LogP contribution in [0.1, 0.15) is 15.9 Å². The van der Waals surface area contributed by atoms with Crippen molar-refractivity contribution in [1.29, 1.82) is 0 Å². The summed E-state index contributed by atoms with van der Waals surface area (Å²) in [6, 6.07) is 14.4. The van der Waals surface area contributed by atoms with Crippen molar-refractivity contribution < 1.29 is 9.90 Å². The van der Waals surface area contributed by atoms with E-state index in [2.05, 4.69) is 5.32 Å². The first-order chi connectivity index (χ1) is 8.66. The average molecular weight is 241 g/mol. The van der Waals surface area contributed by atoms with Gasteiger partial charge in [-0.15, -0.1) is 0 Å². The fourth-order valence-electron chi connectivity index (χ4n) is 1.64. The second-order valence-electron chi connectivity index (χ2n) is 3.93. The third-order valence-electron chi connectivity index (χ3n) is 2.61. The highest BCUT2D eigenvalue weighted by Crippen LogP contribution is 2.20. The molecule has 92 valence electrons. The third-order valence-corrected chi connectivity index (χ3v) is 2.61. The molecule has 3 N–H and O–H groups in total. The lowest BCUT2D eigenvalue weighted by Crippen LogP contribution is -2.22. The zero-order valence-corrected chi connectivity index (χ0v) is 9.72. The zero-order valence-electron chi connectivity index (χ0n) is 9.72. The maximum Gasteiger partial charge on any atom is 0.0716 e. The molecule has 0 saturated heterocycles. The normalized spacial score (nSPS) is 10.0. The van der Waals surface area contributed by atoms with Gasteiger partial charge in [-0.05, 0) is 23.3 Å². The molecule has 0 amide bonds. The largest absolute Gasteiger partial charge is 0.545 e. The highest BCUT2D eigenvalue weighted by molar-refractivity contribution is 5.88. The van der Waals surface area contributed by atoms with Crippen molar-refractivity contribution in [2.45, 2.75) is 6.54 Å². The smallest absolute Gasteiger partial charge is 0.0716 e. The van der Waals surface area contributed by atoms with Crippen molar-refractivity contribution in [3.63, 3.8) is 0 Å². The molecular weight excluding hydrogens is 228 g/mol. The van der Waals surface area contributed by atoms with E-state index in [4.69, 9.17) is 5.73 Å². The van der Waals surface area contributed by atoms with Gasteiger partial charge in [0.2, 0.25) is 0 Å². The number of carbonyl (C=O) groups excluding carboxylic acids is 1. The molecule has 4 heteroatoms. The molecule has 0 saturated carbocycles. The maximum atomic E-state index is 10.7. The van der Waals surface area contributed by atoms with E-state index in [0.717, 1.165) is 5.56 Å². The van der Waals surface area contributed by atoms with Crippen LogP contribution in [0.15, 0.2) is 48.5 Å². The van der Waals surface area contributed by atoms with Gasteiger partial charge in [-0.3, -0.25) is 0 Å². The van der Waals surface area contributed by atoms with Crippen LogP contribution in [0, 0.1) is 0 Å². The van der Waals surface area contributed by atoms with E-state index in [9.17, 15) is 9.90 Å². The molecule has 0 heterocycles. The van der Waals surface area contributed by atoms with Gasteiger partial charge in [-0.1, -0.05) is 36.4 Å². The molecular formula is C14H13N2O2-. The molecule has 0 aromatic heterocycles. The second-order valence-corrected chi connectivity index (χ2v) is 3.93. The fraction of sp³-hybridized carbons (Fsp3) is 0.0714. The highest BCUT2D eigenvalue weighted by Gasteiger charge is 2.01. The van der Waals surface area contributed by atoms with Gasteiger partial charge in [-0.25, -0.2) is 0 Å². The number of aromatic carboxylic acids is 1. The lowest BCUT2D eigenvalue weighted by atomic mass is 10.1. The van der Waals surface area contributed by atoms with Crippen molar-refractivity contribution in [3.8, 4) is 0 Å². The minimum atomic E-state index is -1.23. The van der Waals surface area contributed by atoms with E-state index < -0.39 is 5.97 Å². The van der Waals surface area contributed by atoms with Gasteiger partial charge in [0, 0.05) is 6.54 Å². The van der Waals surface area contributed by atoms with E-state index in [-0.39, 0.29) is 5.56 Å². The van der Waals surface area contributed by atoms with Crippen LogP contribution in [0.2, 0.25) is 0 Å². The Morgan fingerprint density at radius 3 is 2.50 bits per heavy atom. The number of nitrogens with two attached hydrogens (primary N) is 1. The van der Waals surface area contributed by atoms with Crippen LogP contribution in [0.3, 0.4) is 0 Å². The van der Waals surface area contributed by atoms with Crippen molar-refractivity contribution in [1.82, 2.24) is 0 Å². The van der Waals surface area contributed by atoms with Gasteiger partial charge in [-0.2, -0.15) is 0 Å². The number of hydrogen-bond acceptors (Lipinski definition) is 4. The lowest BCUT2D eigenvalue weighted by molar-refractivity contribution is -0.255. The molecule has 0 atom stereocenters. The van der Waals surface area contributed by atoms with Gasteiger partial charge >= 0.3 is 0 Å². The standard InChI is InChI=1S/C14H14N2O2/c15-12-8-11(14(17)18)6-7-13(12)16-9-10-4-2-1-3-5-10/h1-8,16H,9,15H2,(H,17,18)/p-1. The third kappa shape index (κ3) is 2.79. The second kappa shape index (κ2) is 5.23. The molecule has 0 aliphatic carbocycles. The highest BCUT2D eigenvalue weighted by atomic mass is 16.4. The van der Waals surface area contributed by atoms with Crippen LogP contribution >= 0.6 is 0 Å². The van der Waals surface area contributed by atoms with Crippen molar-refractivity contribution in [3.05, 3.63) is 59.7 Å². The number of carboxylic acid groups (broad SMARTS) is 1.